The third-order valence-electron chi connectivity index (χ3n) is 3.93. The fraction of sp³-hybridized carbons (Fsp3) is 0.0952. The van der Waals surface area contributed by atoms with Gasteiger partial charge in [-0.25, -0.2) is 5.43 Å². The van der Waals surface area contributed by atoms with Crippen LogP contribution in [0.3, 0.4) is 0 Å². The number of hydrogen-bond acceptors (Lipinski definition) is 4. The fourth-order valence-corrected chi connectivity index (χ4v) is 3.09. The molecule has 6 nitrogen and oxygen atoms in total. The monoisotopic (exact) mass is 487 g/mol. The lowest BCUT2D eigenvalue weighted by Gasteiger charge is -2.17. The van der Waals surface area contributed by atoms with E-state index in [0.717, 1.165) is 14.9 Å². The van der Waals surface area contributed by atoms with Crippen LogP contribution in [-0.2, 0) is 9.59 Å². The molecule has 1 heterocycles. The van der Waals surface area contributed by atoms with Crippen LogP contribution >= 0.6 is 22.6 Å². The van der Waals surface area contributed by atoms with Gasteiger partial charge >= 0.3 is 0 Å². The quantitative estimate of drug-likeness (QED) is 0.305. The topological polar surface area (TPSA) is 83.7 Å². The Bertz CT molecular complexity index is 916. The Morgan fingerprint density at radius 2 is 1.57 bits per heavy atom. The summed E-state index contributed by atoms with van der Waals surface area (Å²) in [5.41, 5.74) is 4.08. The van der Waals surface area contributed by atoms with Crippen molar-refractivity contribution in [3.05, 3.63) is 93.5 Å². The molecular formula is C21H18IN3O3. The van der Waals surface area contributed by atoms with E-state index in [1.165, 1.54) is 6.21 Å². The Labute approximate surface area is 176 Å². The molecule has 0 atom stereocenters. The van der Waals surface area contributed by atoms with Gasteiger partial charge in [-0.2, -0.15) is 5.10 Å². The standard InChI is InChI=1S/C21H18IN3O3/c22-18-12-11-17(28-18)13-24-25-19(26)14-23-21(27)20(15-7-3-1-4-8-15)16-9-5-2-6-10-16/h1-13,20H,14H2,(H,23,27)(H,25,26)/b24-13+. The summed E-state index contributed by atoms with van der Waals surface area (Å²) in [5, 5.41) is 6.50. The molecule has 0 spiro atoms. The lowest BCUT2D eigenvalue weighted by molar-refractivity contribution is -0.126. The molecule has 0 saturated heterocycles. The molecule has 0 aliphatic heterocycles. The summed E-state index contributed by atoms with van der Waals surface area (Å²) in [6.07, 6.45) is 1.40. The summed E-state index contributed by atoms with van der Waals surface area (Å²) in [7, 11) is 0. The summed E-state index contributed by atoms with van der Waals surface area (Å²) >= 11 is 2.04. The Hall–Kier alpha value is -2.94. The van der Waals surface area contributed by atoms with Gasteiger partial charge in [0, 0.05) is 0 Å². The zero-order valence-electron chi connectivity index (χ0n) is 14.8. The van der Waals surface area contributed by atoms with Gasteiger partial charge in [0.2, 0.25) is 5.91 Å². The number of rotatable bonds is 7. The number of benzene rings is 2. The van der Waals surface area contributed by atoms with Crippen LogP contribution in [0, 0.1) is 3.77 Å². The normalized spacial score (nSPS) is 10.9. The number of carbonyl (C=O) groups excluding carboxylic acids is 2. The van der Waals surface area contributed by atoms with Crippen LogP contribution in [0.4, 0.5) is 0 Å². The summed E-state index contributed by atoms with van der Waals surface area (Å²) in [6.45, 7) is -0.179. The highest BCUT2D eigenvalue weighted by molar-refractivity contribution is 14.1. The first kappa shape index (κ1) is 19.8. The predicted molar refractivity (Wildman–Crippen MR) is 115 cm³/mol. The first-order valence-corrected chi connectivity index (χ1v) is 9.66. The number of carbonyl (C=O) groups is 2. The summed E-state index contributed by atoms with van der Waals surface area (Å²) < 4.78 is 6.04. The smallest absolute Gasteiger partial charge is 0.259 e. The molecule has 3 aromatic rings. The van der Waals surface area contributed by atoms with Gasteiger partial charge in [-0.15, -0.1) is 0 Å². The minimum absolute atomic E-state index is 0.179. The van der Waals surface area contributed by atoms with Gasteiger partial charge in [0.1, 0.15) is 5.76 Å². The first-order chi connectivity index (χ1) is 13.6. The van der Waals surface area contributed by atoms with E-state index in [1.54, 1.807) is 12.1 Å². The van der Waals surface area contributed by atoms with Crippen LogP contribution in [0.2, 0.25) is 0 Å². The molecule has 7 heteroatoms. The molecule has 0 fully saturated rings. The first-order valence-electron chi connectivity index (χ1n) is 8.58. The highest BCUT2D eigenvalue weighted by Gasteiger charge is 2.22. The van der Waals surface area contributed by atoms with Gasteiger partial charge in [0.25, 0.3) is 5.91 Å². The molecule has 2 N–H and O–H groups in total. The number of nitrogens with one attached hydrogen (secondary N) is 2. The van der Waals surface area contributed by atoms with Gasteiger partial charge in [-0.3, -0.25) is 9.59 Å². The highest BCUT2D eigenvalue weighted by atomic mass is 127. The third-order valence-corrected chi connectivity index (χ3v) is 4.51. The van der Waals surface area contributed by atoms with E-state index in [9.17, 15) is 9.59 Å². The zero-order valence-corrected chi connectivity index (χ0v) is 17.0. The van der Waals surface area contributed by atoms with E-state index in [-0.39, 0.29) is 12.5 Å². The average Bonchev–Trinajstić information content (AvgIpc) is 3.13. The molecule has 0 bridgehead atoms. The molecule has 2 amide bonds. The van der Waals surface area contributed by atoms with Gasteiger partial charge in [-0.05, 0) is 45.9 Å². The van der Waals surface area contributed by atoms with Gasteiger partial charge in [0.05, 0.1) is 18.7 Å². The third kappa shape index (κ3) is 5.53. The molecule has 3 rings (SSSR count). The number of furan rings is 1. The summed E-state index contributed by atoms with van der Waals surface area (Å²) in [4.78, 5) is 24.8. The second-order valence-electron chi connectivity index (χ2n) is 5.91. The number of hydrogen-bond donors (Lipinski definition) is 2. The summed E-state index contributed by atoms with van der Waals surface area (Å²) in [6, 6.07) is 22.4. The largest absolute Gasteiger partial charge is 0.449 e. The SMILES string of the molecule is O=C(CNC(=O)C(c1ccccc1)c1ccccc1)N/N=C/c1ccc(I)o1. The van der Waals surface area contributed by atoms with Crippen molar-refractivity contribution < 1.29 is 14.0 Å². The molecule has 0 radical (unpaired) electrons. The molecule has 0 unspecified atom stereocenters. The van der Waals surface area contributed by atoms with Crippen molar-refractivity contribution in [2.24, 2.45) is 5.10 Å². The Morgan fingerprint density at radius 3 is 2.11 bits per heavy atom. The zero-order chi connectivity index (χ0) is 19.8. The maximum atomic E-state index is 12.8. The molecule has 2 aromatic carbocycles. The molecule has 0 aliphatic rings. The van der Waals surface area contributed by atoms with Crippen molar-refractivity contribution in [3.63, 3.8) is 0 Å². The average molecular weight is 487 g/mol. The maximum Gasteiger partial charge on any atom is 0.259 e. The van der Waals surface area contributed by atoms with Gasteiger partial charge in [0.15, 0.2) is 3.77 Å². The lowest BCUT2D eigenvalue weighted by Crippen LogP contribution is -2.37. The van der Waals surface area contributed by atoms with E-state index >= 15 is 0 Å². The van der Waals surface area contributed by atoms with Crippen molar-refractivity contribution in [3.8, 4) is 0 Å². The number of nitrogens with zero attached hydrogens (tertiary/aromatic N) is 1. The van der Waals surface area contributed by atoms with Crippen LogP contribution in [0.15, 0.2) is 82.3 Å². The minimum atomic E-state index is -0.496. The molecule has 142 valence electrons. The second kappa shape index (κ2) is 9.84. The van der Waals surface area contributed by atoms with E-state index in [4.69, 9.17) is 4.42 Å². The predicted octanol–water partition coefficient (Wildman–Crippen LogP) is 3.28. The number of halogens is 1. The molecule has 0 aliphatic carbocycles. The maximum absolute atomic E-state index is 12.8. The van der Waals surface area contributed by atoms with Crippen LogP contribution in [-0.4, -0.2) is 24.6 Å². The van der Waals surface area contributed by atoms with Gasteiger partial charge < -0.3 is 9.73 Å². The fourth-order valence-electron chi connectivity index (χ4n) is 2.66. The molecular weight excluding hydrogens is 469 g/mol. The van der Waals surface area contributed by atoms with Crippen LogP contribution in [0.25, 0.3) is 0 Å². The Morgan fingerprint density at radius 1 is 0.964 bits per heavy atom. The van der Waals surface area contributed by atoms with Crippen LogP contribution < -0.4 is 10.7 Å². The summed E-state index contributed by atoms with van der Waals surface area (Å²) in [5.74, 6) is -0.645. The van der Waals surface area contributed by atoms with E-state index in [1.807, 2.05) is 83.3 Å². The van der Waals surface area contributed by atoms with Crippen molar-refractivity contribution in [1.29, 1.82) is 0 Å². The molecule has 1 aromatic heterocycles. The number of amides is 2. The van der Waals surface area contributed by atoms with E-state index < -0.39 is 11.8 Å². The van der Waals surface area contributed by atoms with E-state index in [2.05, 4.69) is 15.8 Å². The van der Waals surface area contributed by atoms with Gasteiger partial charge in [-0.1, -0.05) is 60.7 Å². The van der Waals surface area contributed by atoms with Crippen molar-refractivity contribution in [2.45, 2.75) is 5.92 Å². The molecule has 28 heavy (non-hydrogen) atoms. The lowest BCUT2D eigenvalue weighted by atomic mass is 9.90. The molecule has 0 saturated carbocycles. The van der Waals surface area contributed by atoms with Crippen molar-refractivity contribution in [1.82, 2.24) is 10.7 Å². The second-order valence-corrected chi connectivity index (χ2v) is 6.97. The highest BCUT2D eigenvalue weighted by Crippen LogP contribution is 2.24. The minimum Gasteiger partial charge on any atom is -0.449 e. The van der Waals surface area contributed by atoms with Crippen LogP contribution in [0.1, 0.15) is 22.8 Å². The van der Waals surface area contributed by atoms with Crippen molar-refractivity contribution in [2.75, 3.05) is 6.54 Å². The van der Waals surface area contributed by atoms with E-state index in [0.29, 0.717) is 5.76 Å². The van der Waals surface area contributed by atoms with Crippen molar-refractivity contribution >= 4 is 40.6 Å². The Kier molecular flexibility index (Phi) is 6.96. The number of hydrazone groups is 1. The Balaban J connectivity index is 1.61. The van der Waals surface area contributed by atoms with Crippen LogP contribution in [0.5, 0.6) is 0 Å².